The van der Waals surface area contributed by atoms with Crippen molar-refractivity contribution in [2.75, 3.05) is 6.61 Å². The first-order valence-electron chi connectivity index (χ1n) is 4.97. The number of hydrogen-bond acceptors (Lipinski definition) is 3. The number of aryl methyl sites for hydroxylation is 1. The molecule has 1 rings (SSSR count). The Morgan fingerprint density at radius 1 is 1.50 bits per heavy atom. The predicted octanol–water partition coefficient (Wildman–Crippen LogP) is 2.11. The van der Waals surface area contributed by atoms with E-state index in [-0.39, 0.29) is 5.97 Å². The lowest BCUT2D eigenvalue weighted by molar-refractivity contribution is 0.0526. The third kappa shape index (κ3) is 3.60. The highest BCUT2D eigenvalue weighted by atomic mass is 16.5. The van der Waals surface area contributed by atoms with Gasteiger partial charge < -0.3 is 4.74 Å². The number of carbonyl (C=O) groups is 1. The lowest BCUT2D eigenvalue weighted by Crippen LogP contribution is -2.03. The second-order valence-corrected chi connectivity index (χ2v) is 2.31. The smallest absolute Gasteiger partial charge is 0.341 e. The first-order chi connectivity index (χ1) is 6.77. The molecule has 0 aliphatic rings. The maximum Gasteiger partial charge on any atom is 0.341 e. The van der Waals surface area contributed by atoms with E-state index < -0.39 is 0 Å². The van der Waals surface area contributed by atoms with Crippen LogP contribution in [-0.2, 0) is 11.3 Å². The molecule has 14 heavy (non-hydrogen) atoms. The van der Waals surface area contributed by atoms with Crippen LogP contribution in [0.15, 0.2) is 12.4 Å². The SMILES string of the molecule is CC.CCOC(=O)c1cnn(CC)c1. The molecule has 1 aromatic rings. The number of esters is 1. The molecule has 0 amide bonds. The minimum atomic E-state index is -0.308. The normalized spacial score (nSPS) is 8.86. The van der Waals surface area contributed by atoms with Gasteiger partial charge in [-0.1, -0.05) is 13.8 Å². The van der Waals surface area contributed by atoms with Crippen molar-refractivity contribution < 1.29 is 9.53 Å². The summed E-state index contributed by atoms with van der Waals surface area (Å²) < 4.78 is 6.48. The van der Waals surface area contributed by atoms with E-state index in [1.807, 2.05) is 20.8 Å². The topological polar surface area (TPSA) is 44.1 Å². The Balaban J connectivity index is 0.000000791. The monoisotopic (exact) mass is 198 g/mol. The zero-order valence-corrected chi connectivity index (χ0v) is 9.28. The second kappa shape index (κ2) is 7.12. The van der Waals surface area contributed by atoms with Gasteiger partial charge in [-0.2, -0.15) is 5.10 Å². The van der Waals surface area contributed by atoms with Gasteiger partial charge in [0.15, 0.2) is 0 Å². The second-order valence-electron chi connectivity index (χ2n) is 2.31. The first-order valence-corrected chi connectivity index (χ1v) is 4.97. The molecule has 0 bridgehead atoms. The Hall–Kier alpha value is -1.32. The van der Waals surface area contributed by atoms with Crippen molar-refractivity contribution in [3.05, 3.63) is 18.0 Å². The molecule has 0 radical (unpaired) electrons. The predicted molar refractivity (Wildman–Crippen MR) is 55.2 cm³/mol. The fourth-order valence-corrected chi connectivity index (χ4v) is 0.856. The fourth-order valence-electron chi connectivity index (χ4n) is 0.856. The van der Waals surface area contributed by atoms with Crippen LogP contribution >= 0.6 is 0 Å². The summed E-state index contributed by atoms with van der Waals surface area (Å²) in [6.45, 7) is 8.90. The van der Waals surface area contributed by atoms with Gasteiger partial charge >= 0.3 is 5.97 Å². The number of aromatic nitrogens is 2. The maximum atomic E-state index is 11.1. The highest BCUT2D eigenvalue weighted by Crippen LogP contribution is 1.99. The zero-order valence-electron chi connectivity index (χ0n) is 9.28. The molecule has 0 N–H and O–H groups in total. The van der Waals surface area contributed by atoms with Crippen LogP contribution in [-0.4, -0.2) is 22.4 Å². The number of ether oxygens (including phenoxy) is 1. The maximum absolute atomic E-state index is 11.1. The van der Waals surface area contributed by atoms with Crippen LogP contribution in [0.4, 0.5) is 0 Å². The van der Waals surface area contributed by atoms with E-state index in [0.717, 1.165) is 6.54 Å². The highest BCUT2D eigenvalue weighted by Gasteiger charge is 2.07. The number of carbonyl (C=O) groups excluding carboxylic acids is 1. The molecule has 0 spiro atoms. The van der Waals surface area contributed by atoms with Crippen molar-refractivity contribution in [2.45, 2.75) is 34.2 Å². The Morgan fingerprint density at radius 2 is 2.14 bits per heavy atom. The Kier molecular flexibility index (Phi) is 6.45. The molecule has 0 aromatic carbocycles. The number of hydrogen-bond donors (Lipinski definition) is 0. The van der Waals surface area contributed by atoms with Crippen LogP contribution in [0.2, 0.25) is 0 Å². The zero-order chi connectivity index (χ0) is 11.0. The van der Waals surface area contributed by atoms with Crippen LogP contribution in [0.1, 0.15) is 38.1 Å². The van der Waals surface area contributed by atoms with Crippen LogP contribution in [0, 0.1) is 0 Å². The lowest BCUT2D eigenvalue weighted by Gasteiger charge is -1.96. The van der Waals surface area contributed by atoms with E-state index in [9.17, 15) is 4.79 Å². The van der Waals surface area contributed by atoms with Crippen LogP contribution in [0.5, 0.6) is 0 Å². The average Bonchev–Trinajstić information content (AvgIpc) is 2.69. The lowest BCUT2D eigenvalue weighted by atomic mass is 10.4. The van der Waals surface area contributed by atoms with Crippen molar-refractivity contribution in [1.29, 1.82) is 0 Å². The molecular formula is C10H18N2O2. The van der Waals surface area contributed by atoms with E-state index in [4.69, 9.17) is 4.74 Å². The molecule has 4 nitrogen and oxygen atoms in total. The minimum Gasteiger partial charge on any atom is -0.462 e. The van der Waals surface area contributed by atoms with Crippen LogP contribution in [0.3, 0.4) is 0 Å². The molecule has 1 heterocycles. The molecule has 0 unspecified atom stereocenters. The third-order valence-corrected chi connectivity index (χ3v) is 1.47. The Bertz CT molecular complexity index is 269. The Labute approximate surface area is 84.9 Å². The molecule has 0 saturated carbocycles. The fraction of sp³-hybridized carbons (Fsp3) is 0.600. The summed E-state index contributed by atoms with van der Waals surface area (Å²) in [5.74, 6) is -0.308. The van der Waals surface area contributed by atoms with Crippen molar-refractivity contribution in [3.63, 3.8) is 0 Å². The highest BCUT2D eigenvalue weighted by molar-refractivity contribution is 5.88. The molecule has 4 heteroatoms. The summed E-state index contributed by atoms with van der Waals surface area (Å²) in [5, 5.41) is 3.95. The summed E-state index contributed by atoms with van der Waals surface area (Å²) in [4.78, 5) is 11.1. The number of nitrogens with zero attached hydrogens (tertiary/aromatic N) is 2. The third-order valence-electron chi connectivity index (χ3n) is 1.47. The van der Waals surface area contributed by atoms with Gasteiger partial charge in [-0.25, -0.2) is 4.79 Å². The summed E-state index contributed by atoms with van der Waals surface area (Å²) in [6.07, 6.45) is 3.19. The van der Waals surface area contributed by atoms with E-state index in [1.54, 1.807) is 17.8 Å². The summed E-state index contributed by atoms with van der Waals surface area (Å²) >= 11 is 0. The largest absolute Gasteiger partial charge is 0.462 e. The summed E-state index contributed by atoms with van der Waals surface area (Å²) in [7, 11) is 0. The standard InChI is InChI=1S/C8H12N2O2.C2H6/c1-3-10-6-7(5-9-10)8(11)12-4-2;1-2/h5-6H,3-4H2,1-2H3;1-2H3. The van der Waals surface area contributed by atoms with Crippen molar-refractivity contribution in [2.24, 2.45) is 0 Å². The van der Waals surface area contributed by atoms with Crippen molar-refractivity contribution in [1.82, 2.24) is 9.78 Å². The molecule has 1 aromatic heterocycles. The van der Waals surface area contributed by atoms with Gasteiger partial charge in [0.05, 0.1) is 18.4 Å². The van der Waals surface area contributed by atoms with Crippen LogP contribution < -0.4 is 0 Å². The molecule has 0 aliphatic heterocycles. The molecule has 80 valence electrons. The number of rotatable bonds is 3. The molecular weight excluding hydrogens is 180 g/mol. The Morgan fingerprint density at radius 3 is 2.57 bits per heavy atom. The minimum absolute atomic E-state index is 0.308. The van der Waals surface area contributed by atoms with E-state index in [1.165, 1.54) is 6.20 Å². The summed E-state index contributed by atoms with van der Waals surface area (Å²) in [6, 6.07) is 0. The van der Waals surface area contributed by atoms with Gasteiger partial charge in [0, 0.05) is 12.7 Å². The quantitative estimate of drug-likeness (QED) is 0.699. The van der Waals surface area contributed by atoms with Gasteiger partial charge in [0.1, 0.15) is 0 Å². The van der Waals surface area contributed by atoms with Crippen molar-refractivity contribution in [3.8, 4) is 0 Å². The molecule has 0 atom stereocenters. The van der Waals surface area contributed by atoms with Gasteiger partial charge in [-0.05, 0) is 13.8 Å². The van der Waals surface area contributed by atoms with E-state index >= 15 is 0 Å². The van der Waals surface area contributed by atoms with Crippen molar-refractivity contribution >= 4 is 5.97 Å². The molecule has 0 aliphatic carbocycles. The summed E-state index contributed by atoms with van der Waals surface area (Å²) in [5.41, 5.74) is 0.513. The van der Waals surface area contributed by atoms with E-state index in [2.05, 4.69) is 5.10 Å². The molecule has 0 fully saturated rings. The van der Waals surface area contributed by atoms with Gasteiger partial charge in [-0.3, -0.25) is 4.68 Å². The van der Waals surface area contributed by atoms with Gasteiger partial charge in [0.2, 0.25) is 0 Å². The molecule has 0 saturated heterocycles. The average molecular weight is 198 g/mol. The first kappa shape index (κ1) is 12.7. The van der Waals surface area contributed by atoms with Gasteiger partial charge in [0.25, 0.3) is 0 Å². The van der Waals surface area contributed by atoms with Crippen LogP contribution in [0.25, 0.3) is 0 Å². The van der Waals surface area contributed by atoms with Gasteiger partial charge in [-0.15, -0.1) is 0 Å². The van der Waals surface area contributed by atoms with E-state index in [0.29, 0.717) is 12.2 Å².